The topological polar surface area (TPSA) is 29.4 Å². The minimum Gasteiger partial charge on any atom is -0.314 e. The Morgan fingerprint density at radius 1 is 1.31 bits per heavy atom. The lowest BCUT2D eigenvalue weighted by Crippen LogP contribution is -2.38. The van der Waals surface area contributed by atoms with Crippen LogP contribution in [0.15, 0.2) is 0 Å². The Balaban J connectivity index is 1.92. The number of rotatable bonds is 5. The summed E-state index contributed by atoms with van der Waals surface area (Å²) >= 11 is 0. The smallest absolute Gasteiger partial charge is 0.0148 e. The van der Waals surface area contributed by atoms with E-state index in [0.29, 0.717) is 0 Å². The van der Waals surface area contributed by atoms with Crippen molar-refractivity contribution in [3.05, 3.63) is 0 Å². The van der Waals surface area contributed by atoms with Crippen LogP contribution in [0.4, 0.5) is 0 Å². The van der Waals surface area contributed by atoms with Crippen LogP contribution in [-0.2, 0) is 0 Å². The van der Waals surface area contributed by atoms with E-state index in [4.69, 9.17) is 0 Å². The maximum atomic E-state index is 4.34. The van der Waals surface area contributed by atoms with Gasteiger partial charge in [0.1, 0.15) is 0 Å². The molecule has 0 amide bonds. The van der Waals surface area contributed by atoms with E-state index in [1.54, 1.807) is 0 Å². The van der Waals surface area contributed by atoms with Crippen molar-refractivity contribution in [1.82, 2.24) is 15.5 Å². The molecule has 1 aliphatic rings. The zero-order valence-corrected chi connectivity index (χ0v) is 8.92. The molecule has 1 radical (unpaired) electrons. The molecule has 0 bridgehead atoms. The van der Waals surface area contributed by atoms with Crippen molar-refractivity contribution in [2.45, 2.75) is 25.3 Å². The first-order valence-electron chi connectivity index (χ1n) is 5.30. The van der Waals surface area contributed by atoms with Gasteiger partial charge < -0.3 is 10.2 Å². The molecule has 0 atom stereocenters. The predicted molar refractivity (Wildman–Crippen MR) is 56.1 cm³/mol. The van der Waals surface area contributed by atoms with Gasteiger partial charge in [0, 0.05) is 19.1 Å². The van der Waals surface area contributed by atoms with Gasteiger partial charge in [0.25, 0.3) is 0 Å². The third-order valence-corrected chi connectivity index (χ3v) is 2.49. The standard InChI is InChI=1S/C10H22N3/c1-13(2)9-3-6-12-10-4-7-11-8-5-10/h10,12H,3-9H2,1-2H3. The molecule has 1 saturated heterocycles. The molecular formula is C10H22N3. The molecule has 1 N–H and O–H groups in total. The van der Waals surface area contributed by atoms with Crippen molar-refractivity contribution in [2.75, 3.05) is 40.3 Å². The normalized spacial score (nSPS) is 19.6. The Hall–Kier alpha value is -0.120. The van der Waals surface area contributed by atoms with Gasteiger partial charge >= 0.3 is 0 Å². The summed E-state index contributed by atoms with van der Waals surface area (Å²) in [4.78, 5) is 2.23. The van der Waals surface area contributed by atoms with Gasteiger partial charge in [-0.25, -0.2) is 5.32 Å². The molecule has 0 aromatic rings. The molecule has 0 aromatic heterocycles. The molecule has 3 nitrogen and oxygen atoms in total. The van der Waals surface area contributed by atoms with Gasteiger partial charge in [0.15, 0.2) is 0 Å². The van der Waals surface area contributed by atoms with Crippen LogP contribution in [0.3, 0.4) is 0 Å². The van der Waals surface area contributed by atoms with E-state index in [0.717, 1.165) is 25.7 Å². The molecule has 0 aliphatic carbocycles. The highest BCUT2D eigenvalue weighted by molar-refractivity contribution is 4.73. The number of hydrogen-bond donors (Lipinski definition) is 1. The first kappa shape index (κ1) is 11.0. The van der Waals surface area contributed by atoms with E-state index in [1.165, 1.54) is 25.8 Å². The summed E-state index contributed by atoms with van der Waals surface area (Å²) in [5, 5.41) is 7.93. The quantitative estimate of drug-likeness (QED) is 0.623. The molecule has 1 rings (SSSR count). The van der Waals surface area contributed by atoms with Gasteiger partial charge in [0.2, 0.25) is 0 Å². The summed E-state index contributed by atoms with van der Waals surface area (Å²) in [5.74, 6) is 0. The van der Waals surface area contributed by atoms with Gasteiger partial charge in [-0.2, -0.15) is 0 Å². The largest absolute Gasteiger partial charge is 0.314 e. The Bertz CT molecular complexity index is 119. The van der Waals surface area contributed by atoms with E-state index in [-0.39, 0.29) is 0 Å². The van der Waals surface area contributed by atoms with Crippen LogP contribution >= 0.6 is 0 Å². The molecule has 0 saturated carbocycles. The van der Waals surface area contributed by atoms with E-state index in [2.05, 4.69) is 29.6 Å². The van der Waals surface area contributed by atoms with E-state index >= 15 is 0 Å². The monoisotopic (exact) mass is 184 g/mol. The van der Waals surface area contributed by atoms with Crippen LogP contribution in [0.25, 0.3) is 0 Å². The van der Waals surface area contributed by atoms with Crippen molar-refractivity contribution < 1.29 is 0 Å². The second-order valence-electron chi connectivity index (χ2n) is 4.06. The Kier molecular flexibility index (Phi) is 5.35. The van der Waals surface area contributed by atoms with E-state index in [9.17, 15) is 0 Å². The summed E-state index contributed by atoms with van der Waals surface area (Å²) in [7, 11) is 4.25. The molecule has 0 unspecified atom stereocenters. The SMILES string of the molecule is CN(C)CCCNC1CC[N]CC1. The van der Waals surface area contributed by atoms with Crippen molar-refractivity contribution in [3.8, 4) is 0 Å². The minimum atomic E-state index is 0.736. The van der Waals surface area contributed by atoms with Crippen molar-refractivity contribution in [3.63, 3.8) is 0 Å². The Morgan fingerprint density at radius 3 is 2.62 bits per heavy atom. The lowest BCUT2D eigenvalue weighted by Gasteiger charge is -2.23. The number of nitrogens with zero attached hydrogens (tertiary/aromatic N) is 2. The van der Waals surface area contributed by atoms with Crippen LogP contribution in [-0.4, -0.2) is 51.2 Å². The number of piperidine rings is 1. The summed E-state index contributed by atoms with van der Waals surface area (Å²) in [6.45, 7) is 4.46. The maximum Gasteiger partial charge on any atom is 0.0148 e. The fourth-order valence-corrected chi connectivity index (χ4v) is 1.66. The van der Waals surface area contributed by atoms with E-state index in [1.807, 2.05) is 0 Å². The first-order valence-corrected chi connectivity index (χ1v) is 5.30. The van der Waals surface area contributed by atoms with Gasteiger partial charge in [-0.15, -0.1) is 0 Å². The van der Waals surface area contributed by atoms with Crippen molar-refractivity contribution >= 4 is 0 Å². The summed E-state index contributed by atoms with van der Waals surface area (Å²) in [6.07, 6.45) is 3.73. The lowest BCUT2D eigenvalue weighted by atomic mass is 10.1. The van der Waals surface area contributed by atoms with Crippen LogP contribution < -0.4 is 10.6 Å². The molecule has 0 spiro atoms. The van der Waals surface area contributed by atoms with E-state index < -0.39 is 0 Å². The average molecular weight is 184 g/mol. The third-order valence-electron chi connectivity index (χ3n) is 2.49. The van der Waals surface area contributed by atoms with Gasteiger partial charge in [-0.3, -0.25) is 0 Å². The lowest BCUT2D eigenvalue weighted by molar-refractivity contribution is 0.355. The molecule has 3 heteroatoms. The predicted octanol–water partition coefficient (Wildman–Crippen LogP) is 0.295. The van der Waals surface area contributed by atoms with Gasteiger partial charge in [-0.05, 0) is 46.4 Å². The summed E-state index contributed by atoms with van der Waals surface area (Å²) < 4.78 is 0. The van der Waals surface area contributed by atoms with Gasteiger partial charge in [0.05, 0.1) is 0 Å². The highest BCUT2D eigenvalue weighted by Gasteiger charge is 2.11. The molecule has 13 heavy (non-hydrogen) atoms. The summed E-state index contributed by atoms with van der Waals surface area (Å²) in [6, 6.07) is 0.736. The van der Waals surface area contributed by atoms with Crippen LogP contribution in [0.2, 0.25) is 0 Å². The molecular weight excluding hydrogens is 162 g/mol. The highest BCUT2D eigenvalue weighted by Crippen LogP contribution is 2.02. The second kappa shape index (κ2) is 6.35. The van der Waals surface area contributed by atoms with Gasteiger partial charge in [-0.1, -0.05) is 0 Å². The average Bonchev–Trinajstić information content (AvgIpc) is 2.14. The second-order valence-corrected chi connectivity index (χ2v) is 4.06. The first-order chi connectivity index (χ1) is 6.29. The van der Waals surface area contributed by atoms with Crippen molar-refractivity contribution in [2.24, 2.45) is 0 Å². The Labute approximate surface area is 81.9 Å². The van der Waals surface area contributed by atoms with Crippen LogP contribution in [0.1, 0.15) is 19.3 Å². The zero-order chi connectivity index (χ0) is 9.52. The maximum absolute atomic E-state index is 4.34. The fraction of sp³-hybridized carbons (Fsp3) is 1.00. The molecule has 77 valence electrons. The molecule has 1 aliphatic heterocycles. The fourth-order valence-electron chi connectivity index (χ4n) is 1.66. The minimum absolute atomic E-state index is 0.736. The Morgan fingerprint density at radius 2 is 2.00 bits per heavy atom. The highest BCUT2D eigenvalue weighted by atomic mass is 15.1. The summed E-state index contributed by atoms with van der Waals surface area (Å²) in [5.41, 5.74) is 0. The van der Waals surface area contributed by atoms with Crippen molar-refractivity contribution in [1.29, 1.82) is 0 Å². The number of nitrogens with one attached hydrogen (secondary N) is 1. The zero-order valence-electron chi connectivity index (χ0n) is 8.92. The number of hydrogen-bond acceptors (Lipinski definition) is 2. The molecule has 0 aromatic carbocycles. The van der Waals surface area contributed by atoms with Crippen LogP contribution in [0.5, 0.6) is 0 Å². The van der Waals surface area contributed by atoms with Crippen LogP contribution in [0, 0.1) is 0 Å². The molecule has 1 fully saturated rings. The third kappa shape index (κ3) is 5.24. The molecule has 1 heterocycles.